The van der Waals surface area contributed by atoms with Gasteiger partial charge in [-0.05, 0) is 32.1 Å². The van der Waals surface area contributed by atoms with Crippen molar-refractivity contribution < 1.29 is 40.7 Å². The highest BCUT2D eigenvalue weighted by Gasteiger charge is 2.53. The lowest BCUT2D eigenvalue weighted by Gasteiger charge is -2.39. The fraction of sp³-hybridized carbons (Fsp3) is 1.00. The van der Waals surface area contributed by atoms with Crippen LogP contribution in [0.5, 0.6) is 0 Å². The topological polar surface area (TPSA) is 55.4 Å². The van der Waals surface area contributed by atoms with Gasteiger partial charge in [-0.1, -0.05) is 20.8 Å². The van der Waals surface area contributed by atoms with Gasteiger partial charge in [-0.25, -0.2) is 0 Å². The van der Waals surface area contributed by atoms with Crippen molar-refractivity contribution >= 4 is 20.4 Å². The molecule has 0 spiro atoms. The average molecular weight is 469 g/mol. The molecule has 0 aliphatic carbocycles. The predicted octanol–water partition coefficient (Wildman–Crippen LogP) is 5.47. The summed E-state index contributed by atoms with van der Waals surface area (Å²) in [4.78, 5) is 0. The van der Waals surface area contributed by atoms with Crippen molar-refractivity contribution in [3.63, 3.8) is 0 Å². The van der Waals surface area contributed by atoms with Crippen molar-refractivity contribution in [3.05, 3.63) is 0 Å². The fourth-order valence-electron chi connectivity index (χ4n) is 2.16. The highest BCUT2D eigenvalue weighted by Crippen LogP contribution is 2.32. The lowest BCUT2D eigenvalue weighted by atomic mass is 10.4. The van der Waals surface area contributed by atoms with Gasteiger partial charge >= 0.3 is 21.1 Å². The van der Waals surface area contributed by atoms with E-state index in [9.17, 15) is 13.2 Å². The van der Waals surface area contributed by atoms with Crippen LogP contribution in [-0.2, 0) is 27.5 Å². The zero-order valence-corrected chi connectivity index (χ0v) is 19.7. The zero-order valence-electron chi connectivity index (χ0n) is 17.9. The Balaban J connectivity index is 5.66. The smallest absolute Gasteiger partial charge is 0.377 e. The summed E-state index contributed by atoms with van der Waals surface area (Å²) in [5.74, 6) is 0.428. The minimum absolute atomic E-state index is 0.149. The van der Waals surface area contributed by atoms with Gasteiger partial charge in [0.1, 0.15) is 0 Å². The molecule has 176 valence electrons. The van der Waals surface area contributed by atoms with Crippen LogP contribution in [-0.4, -0.2) is 60.6 Å². The quantitative estimate of drug-likeness (QED) is 0.108. The Morgan fingerprint density at radius 3 is 1.72 bits per heavy atom. The molecule has 0 aliphatic rings. The Morgan fingerprint density at radius 1 is 0.828 bits per heavy atom. The first-order chi connectivity index (χ1) is 13.7. The fourth-order valence-corrected chi connectivity index (χ4v) is 4.66. The highest BCUT2D eigenvalue weighted by molar-refractivity contribution is 6.60. The van der Waals surface area contributed by atoms with E-state index in [1.165, 1.54) is 7.11 Å². The van der Waals surface area contributed by atoms with E-state index >= 15 is 0 Å². The third kappa shape index (κ3) is 13.2. The minimum Gasteiger partial charge on any atom is -0.377 e. The summed E-state index contributed by atoms with van der Waals surface area (Å²) in [5.41, 5.74) is 0. The van der Waals surface area contributed by atoms with Crippen LogP contribution in [0.1, 0.15) is 59.3 Å². The summed E-state index contributed by atoms with van der Waals surface area (Å²) in [6.45, 7) is 6.50. The third-order valence-electron chi connectivity index (χ3n) is 3.60. The number of alkyl halides is 4. The molecule has 0 saturated heterocycles. The van der Waals surface area contributed by atoms with E-state index in [0.29, 0.717) is 38.0 Å². The van der Waals surface area contributed by atoms with E-state index in [-0.39, 0.29) is 26.4 Å². The molecule has 0 fully saturated rings. The second-order valence-electron chi connectivity index (χ2n) is 6.39. The highest BCUT2D eigenvalue weighted by atomic mass is 35.5. The van der Waals surface area contributed by atoms with Crippen molar-refractivity contribution in [2.24, 2.45) is 0 Å². The second-order valence-corrected chi connectivity index (χ2v) is 9.54. The van der Waals surface area contributed by atoms with Crippen molar-refractivity contribution in [1.29, 1.82) is 0 Å². The molecule has 0 N–H and O–H groups in total. The van der Waals surface area contributed by atoms with Gasteiger partial charge in [-0.2, -0.15) is 13.2 Å². The lowest BCUT2D eigenvalue weighted by Crippen LogP contribution is -2.57. The molecule has 1 atom stereocenters. The number of ether oxygens (including phenoxy) is 3. The van der Waals surface area contributed by atoms with Crippen LogP contribution in [0.25, 0.3) is 0 Å². The van der Waals surface area contributed by atoms with E-state index < -0.39 is 33.6 Å². The molecule has 0 aromatic carbocycles. The second kappa shape index (κ2) is 15.8. The average Bonchev–Trinajstić information content (AvgIpc) is 2.69. The van der Waals surface area contributed by atoms with Crippen LogP contribution in [0.3, 0.4) is 0 Å². The van der Waals surface area contributed by atoms with E-state index in [1.54, 1.807) is 0 Å². The molecule has 11 heteroatoms. The van der Waals surface area contributed by atoms with Crippen molar-refractivity contribution in [2.75, 3.05) is 39.4 Å². The van der Waals surface area contributed by atoms with Crippen LogP contribution in [0.4, 0.5) is 13.2 Å². The Labute approximate surface area is 178 Å². The van der Waals surface area contributed by atoms with Crippen LogP contribution in [0.2, 0.25) is 6.04 Å². The molecule has 1 unspecified atom stereocenters. The summed E-state index contributed by atoms with van der Waals surface area (Å²) in [7, 11) is -2.58. The maximum atomic E-state index is 13.0. The first kappa shape index (κ1) is 29.1. The Bertz CT molecular complexity index is 385. The summed E-state index contributed by atoms with van der Waals surface area (Å²) < 4.78 is 73.1. The molecule has 0 aromatic heterocycles. The third-order valence-corrected chi connectivity index (χ3v) is 6.56. The SMILES string of the molecule is CCCOC(OCCC)(OCCC)O[Si](CCC(F)(F)F)(OC)OCCCCCl. The number of rotatable bonds is 19. The van der Waals surface area contributed by atoms with E-state index in [0.717, 1.165) is 0 Å². The van der Waals surface area contributed by atoms with E-state index in [1.807, 2.05) is 20.8 Å². The molecule has 29 heavy (non-hydrogen) atoms. The molecule has 0 saturated carbocycles. The largest absolute Gasteiger partial charge is 0.506 e. The summed E-state index contributed by atoms with van der Waals surface area (Å²) >= 11 is 5.67. The molecule has 0 heterocycles. The minimum atomic E-state index is -4.39. The molecule has 0 aliphatic heterocycles. The summed E-state index contributed by atoms with van der Waals surface area (Å²) in [5, 5.41) is 0. The molecule has 0 bridgehead atoms. The molecule has 0 rings (SSSR count). The maximum absolute atomic E-state index is 13.0. The van der Waals surface area contributed by atoms with Gasteiger partial charge in [0.15, 0.2) is 0 Å². The Kier molecular flexibility index (Phi) is 15.8. The number of halogens is 4. The van der Waals surface area contributed by atoms with Gasteiger partial charge in [-0.15, -0.1) is 11.6 Å². The Hall–Kier alpha value is 0.0569. The molecule has 0 radical (unpaired) electrons. The van der Waals surface area contributed by atoms with Crippen molar-refractivity contribution in [2.45, 2.75) is 77.7 Å². The standard InChI is InChI=1S/C18H36ClF3O6Si/c1-5-12-24-18(25-13-6-2,26-14-7-3)28-29(23-4,16-10-17(20,21)22)27-15-9-8-11-19/h5-16H2,1-4H3. The normalized spacial score (nSPS) is 14.9. The molecule has 0 aromatic rings. The van der Waals surface area contributed by atoms with Crippen LogP contribution in [0.15, 0.2) is 0 Å². The number of hydrogen-bond donors (Lipinski definition) is 0. The molecule has 6 nitrogen and oxygen atoms in total. The van der Waals surface area contributed by atoms with Crippen LogP contribution < -0.4 is 0 Å². The van der Waals surface area contributed by atoms with Gasteiger partial charge in [0.2, 0.25) is 0 Å². The van der Waals surface area contributed by atoms with Gasteiger partial charge in [-0.3, -0.25) is 4.43 Å². The molecule has 0 amide bonds. The van der Waals surface area contributed by atoms with Crippen LogP contribution in [0, 0.1) is 0 Å². The van der Waals surface area contributed by atoms with Crippen molar-refractivity contribution in [1.82, 2.24) is 0 Å². The van der Waals surface area contributed by atoms with Crippen LogP contribution >= 0.6 is 11.6 Å². The monoisotopic (exact) mass is 468 g/mol. The number of hydrogen-bond acceptors (Lipinski definition) is 6. The van der Waals surface area contributed by atoms with Gasteiger partial charge in [0.05, 0.1) is 19.8 Å². The maximum Gasteiger partial charge on any atom is 0.506 e. The van der Waals surface area contributed by atoms with E-state index in [4.69, 9.17) is 39.1 Å². The zero-order chi connectivity index (χ0) is 22.2. The Morgan fingerprint density at radius 2 is 1.34 bits per heavy atom. The summed E-state index contributed by atoms with van der Waals surface area (Å²) in [6.07, 6.45) is -4.35. The van der Waals surface area contributed by atoms with E-state index in [2.05, 4.69) is 0 Å². The molecular weight excluding hydrogens is 433 g/mol. The number of unbranched alkanes of at least 4 members (excludes halogenated alkanes) is 1. The molecular formula is C18H36ClF3O6Si. The van der Waals surface area contributed by atoms with Gasteiger partial charge in [0, 0.05) is 32.1 Å². The first-order valence-electron chi connectivity index (χ1n) is 10.2. The first-order valence-corrected chi connectivity index (χ1v) is 12.6. The predicted molar refractivity (Wildman–Crippen MR) is 107 cm³/mol. The van der Waals surface area contributed by atoms with Crippen molar-refractivity contribution in [3.8, 4) is 0 Å². The van der Waals surface area contributed by atoms with Gasteiger partial charge < -0.3 is 23.1 Å². The van der Waals surface area contributed by atoms with Gasteiger partial charge in [0.25, 0.3) is 0 Å². The summed E-state index contributed by atoms with van der Waals surface area (Å²) in [6, 6.07) is -0.476. The lowest BCUT2D eigenvalue weighted by molar-refractivity contribution is -0.481.